The molecule has 1 saturated heterocycles. The molecule has 1 unspecified atom stereocenters. The quantitative estimate of drug-likeness (QED) is 0.843. The fraction of sp³-hybridized carbons (Fsp3) is 0.615. The Morgan fingerprint density at radius 3 is 3.05 bits per heavy atom. The van der Waals surface area contributed by atoms with Crippen LogP contribution >= 0.6 is 0 Å². The Bertz CT molecular complexity index is 486. The van der Waals surface area contributed by atoms with Crippen molar-refractivity contribution in [3.8, 4) is 0 Å². The van der Waals surface area contributed by atoms with Gasteiger partial charge >= 0.3 is 12.0 Å². The van der Waals surface area contributed by atoms with Crippen molar-refractivity contribution in [2.24, 2.45) is 0 Å². The normalized spacial score (nSPS) is 18.1. The summed E-state index contributed by atoms with van der Waals surface area (Å²) in [6.07, 6.45) is 1.75. The van der Waals surface area contributed by atoms with Gasteiger partial charge in [-0.15, -0.1) is 0 Å². The number of hydrogen-bond donors (Lipinski definition) is 1. The molecular weight excluding hydrogens is 262 g/mol. The molecule has 0 saturated carbocycles. The van der Waals surface area contributed by atoms with E-state index in [0.717, 1.165) is 24.3 Å². The molecule has 1 atom stereocenters. The smallest absolute Gasteiger partial charge is 0.325 e. The number of ether oxygens (including phenoxy) is 1. The first-order valence-electron chi connectivity index (χ1n) is 6.75. The van der Waals surface area contributed by atoms with Crippen molar-refractivity contribution in [1.82, 2.24) is 15.4 Å². The van der Waals surface area contributed by atoms with Gasteiger partial charge in [0, 0.05) is 12.6 Å². The molecule has 1 aliphatic heterocycles. The van der Waals surface area contributed by atoms with Crippen LogP contribution in [-0.2, 0) is 9.53 Å². The van der Waals surface area contributed by atoms with E-state index in [1.165, 1.54) is 0 Å². The Morgan fingerprint density at radius 1 is 1.60 bits per heavy atom. The van der Waals surface area contributed by atoms with E-state index < -0.39 is 5.97 Å². The molecule has 2 amide bonds. The van der Waals surface area contributed by atoms with Crippen LogP contribution in [0.25, 0.3) is 0 Å². The van der Waals surface area contributed by atoms with E-state index in [1.54, 1.807) is 11.8 Å². The molecule has 1 N–H and O–H groups in total. The average molecular weight is 281 g/mol. The second-order valence-electron chi connectivity index (χ2n) is 4.68. The highest BCUT2D eigenvalue weighted by Crippen LogP contribution is 2.31. The molecule has 0 aliphatic carbocycles. The zero-order valence-electron chi connectivity index (χ0n) is 11.7. The van der Waals surface area contributed by atoms with Gasteiger partial charge in [-0.2, -0.15) is 0 Å². The predicted octanol–water partition coefficient (Wildman–Crippen LogP) is 1.39. The molecule has 0 spiro atoms. The number of carbonyl (C=O) groups excluding carboxylic acids is 2. The lowest BCUT2D eigenvalue weighted by atomic mass is 10.1. The summed E-state index contributed by atoms with van der Waals surface area (Å²) in [6.45, 7) is 4.37. The minimum absolute atomic E-state index is 0.0883. The maximum atomic E-state index is 12.1. The number of hydrogen-bond acceptors (Lipinski definition) is 5. The second-order valence-corrected chi connectivity index (χ2v) is 4.68. The van der Waals surface area contributed by atoms with Crippen molar-refractivity contribution >= 4 is 12.0 Å². The number of amides is 2. The molecule has 110 valence electrons. The number of urea groups is 1. The van der Waals surface area contributed by atoms with Gasteiger partial charge in [0.2, 0.25) is 0 Å². The van der Waals surface area contributed by atoms with E-state index in [2.05, 4.69) is 10.5 Å². The zero-order chi connectivity index (χ0) is 14.5. The third kappa shape index (κ3) is 3.28. The van der Waals surface area contributed by atoms with Crippen LogP contribution in [-0.4, -0.2) is 41.8 Å². The Labute approximate surface area is 117 Å². The van der Waals surface area contributed by atoms with Crippen molar-refractivity contribution in [2.45, 2.75) is 32.7 Å². The number of carbonyl (C=O) groups is 2. The van der Waals surface area contributed by atoms with E-state index >= 15 is 0 Å². The molecule has 1 aliphatic rings. The number of aryl methyl sites for hydroxylation is 1. The van der Waals surface area contributed by atoms with E-state index in [4.69, 9.17) is 9.26 Å². The average Bonchev–Trinajstić information content (AvgIpc) is 3.04. The van der Waals surface area contributed by atoms with Gasteiger partial charge in [-0.05, 0) is 26.7 Å². The number of nitrogens with zero attached hydrogens (tertiary/aromatic N) is 2. The SMILES string of the molecule is CCOC(=O)CNC(=O)N1CCCC1c1cc(C)on1. The lowest BCUT2D eigenvalue weighted by Crippen LogP contribution is -2.42. The molecule has 7 nitrogen and oxygen atoms in total. The minimum atomic E-state index is -0.436. The number of rotatable bonds is 4. The van der Waals surface area contributed by atoms with E-state index in [1.807, 2.05) is 13.0 Å². The molecule has 0 aromatic carbocycles. The highest BCUT2D eigenvalue weighted by atomic mass is 16.5. The molecule has 2 rings (SSSR count). The molecular formula is C13H19N3O4. The number of likely N-dealkylation sites (tertiary alicyclic amines) is 1. The van der Waals surface area contributed by atoms with E-state index in [9.17, 15) is 9.59 Å². The van der Waals surface area contributed by atoms with E-state index in [-0.39, 0.29) is 18.6 Å². The first-order chi connectivity index (χ1) is 9.61. The molecule has 2 heterocycles. The summed E-state index contributed by atoms with van der Waals surface area (Å²) in [5.74, 6) is 0.285. The maximum absolute atomic E-state index is 12.1. The molecule has 7 heteroatoms. The Hall–Kier alpha value is -2.05. The summed E-state index contributed by atoms with van der Waals surface area (Å²) in [4.78, 5) is 25.0. The Morgan fingerprint density at radius 2 is 2.40 bits per heavy atom. The van der Waals surface area contributed by atoms with Gasteiger partial charge in [0.1, 0.15) is 18.0 Å². The van der Waals surface area contributed by atoms with Crippen LogP contribution in [0.2, 0.25) is 0 Å². The third-order valence-corrected chi connectivity index (χ3v) is 3.19. The lowest BCUT2D eigenvalue weighted by molar-refractivity contribution is -0.141. The van der Waals surface area contributed by atoms with Crippen LogP contribution in [0, 0.1) is 6.92 Å². The third-order valence-electron chi connectivity index (χ3n) is 3.19. The summed E-state index contributed by atoms with van der Waals surface area (Å²) < 4.78 is 9.82. The van der Waals surface area contributed by atoms with Gasteiger partial charge in [0.15, 0.2) is 0 Å². The van der Waals surface area contributed by atoms with Crippen molar-refractivity contribution < 1.29 is 18.8 Å². The molecule has 1 fully saturated rings. The van der Waals surface area contributed by atoms with Gasteiger partial charge in [-0.25, -0.2) is 4.79 Å². The monoisotopic (exact) mass is 281 g/mol. The summed E-state index contributed by atoms with van der Waals surface area (Å²) in [5.41, 5.74) is 0.756. The van der Waals surface area contributed by atoms with Gasteiger partial charge in [-0.3, -0.25) is 4.79 Å². The topological polar surface area (TPSA) is 84.7 Å². The maximum Gasteiger partial charge on any atom is 0.325 e. The zero-order valence-corrected chi connectivity index (χ0v) is 11.7. The standard InChI is InChI=1S/C13H19N3O4/c1-3-19-12(17)8-14-13(18)16-6-4-5-11(16)10-7-9(2)20-15-10/h7,11H,3-6,8H2,1-2H3,(H,14,18). The fourth-order valence-electron chi connectivity index (χ4n) is 2.32. The van der Waals surface area contributed by atoms with Crippen molar-refractivity contribution in [2.75, 3.05) is 19.7 Å². The van der Waals surface area contributed by atoms with Gasteiger partial charge in [0.05, 0.1) is 12.6 Å². The fourth-order valence-corrected chi connectivity index (χ4v) is 2.32. The van der Waals surface area contributed by atoms with Crippen molar-refractivity contribution in [1.29, 1.82) is 0 Å². The second kappa shape index (κ2) is 6.40. The van der Waals surface area contributed by atoms with Gasteiger partial charge in [-0.1, -0.05) is 5.16 Å². The van der Waals surface area contributed by atoms with Gasteiger partial charge in [0.25, 0.3) is 0 Å². The molecule has 0 bridgehead atoms. The van der Waals surface area contributed by atoms with Crippen molar-refractivity contribution in [3.05, 3.63) is 17.5 Å². The highest BCUT2D eigenvalue weighted by molar-refractivity contribution is 5.81. The highest BCUT2D eigenvalue weighted by Gasteiger charge is 2.32. The molecule has 0 radical (unpaired) electrons. The largest absolute Gasteiger partial charge is 0.465 e. The lowest BCUT2D eigenvalue weighted by Gasteiger charge is -2.23. The Balaban J connectivity index is 1.93. The minimum Gasteiger partial charge on any atom is -0.465 e. The molecule has 1 aromatic heterocycles. The van der Waals surface area contributed by atoms with Crippen LogP contribution in [0.1, 0.15) is 37.3 Å². The van der Waals surface area contributed by atoms with Crippen LogP contribution in [0.3, 0.4) is 0 Å². The summed E-state index contributed by atoms with van der Waals surface area (Å²) >= 11 is 0. The first kappa shape index (κ1) is 14.4. The number of esters is 1. The molecule has 20 heavy (non-hydrogen) atoms. The summed E-state index contributed by atoms with van der Waals surface area (Å²) in [6, 6.07) is 1.47. The summed E-state index contributed by atoms with van der Waals surface area (Å²) in [5, 5.41) is 6.54. The van der Waals surface area contributed by atoms with E-state index in [0.29, 0.717) is 13.2 Å². The summed E-state index contributed by atoms with van der Waals surface area (Å²) in [7, 11) is 0. The molecule has 1 aromatic rings. The van der Waals surface area contributed by atoms with Gasteiger partial charge < -0.3 is 19.5 Å². The van der Waals surface area contributed by atoms with Crippen LogP contribution in [0.5, 0.6) is 0 Å². The van der Waals surface area contributed by atoms with Crippen LogP contribution in [0.4, 0.5) is 4.79 Å². The van der Waals surface area contributed by atoms with Crippen LogP contribution < -0.4 is 5.32 Å². The van der Waals surface area contributed by atoms with Crippen LogP contribution in [0.15, 0.2) is 10.6 Å². The Kier molecular flexibility index (Phi) is 4.60. The first-order valence-corrected chi connectivity index (χ1v) is 6.75. The van der Waals surface area contributed by atoms with Crippen molar-refractivity contribution in [3.63, 3.8) is 0 Å². The number of nitrogens with one attached hydrogen (secondary N) is 1. The predicted molar refractivity (Wildman–Crippen MR) is 70.0 cm³/mol. The number of aromatic nitrogens is 1.